The number of nitrogens with zero attached hydrogens (tertiary/aromatic N) is 2. The SMILES string of the molecule is CC(C)C(=O)N1CCC2(CC1)CC(OCC(=O)N1CCOCC1)CCO2. The summed E-state index contributed by atoms with van der Waals surface area (Å²) in [7, 11) is 0. The number of rotatable bonds is 4. The van der Waals surface area contributed by atoms with Gasteiger partial charge in [-0.1, -0.05) is 13.8 Å². The second-order valence-corrected chi connectivity index (χ2v) is 7.93. The van der Waals surface area contributed by atoms with E-state index >= 15 is 0 Å². The summed E-state index contributed by atoms with van der Waals surface area (Å²) < 4.78 is 17.3. The fourth-order valence-corrected chi connectivity index (χ4v) is 4.07. The van der Waals surface area contributed by atoms with Crippen LogP contribution in [0.3, 0.4) is 0 Å². The number of ether oxygens (including phenoxy) is 3. The van der Waals surface area contributed by atoms with Gasteiger partial charge in [-0.15, -0.1) is 0 Å². The van der Waals surface area contributed by atoms with Gasteiger partial charge >= 0.3 is 0 Å². The quantitative estimate of drug-likeness (QED) is 0.742. The summed E-state index contributed by atoms with van der Waals surface area (Å²) in [5.41, 5.74) is -0.196. The van der Waals surface area contributed by atoms with Gasteiger partial charge in [0.2, 0.25) is 11.8 Å². The van der Waals surface area contributed by atoms with Crippen LogP contribution in [0.4, 0.5) is 0 Å². The third-order valence-corrected chi connectivity index (χ3v) is 5.73. The van der Waals surface area contributed by atoms with Gasteiger partial charge < -0.3 is 24.0 Å². The Bertz CT molecular complexity index is 496. The van der Waals surface area contributed by atoms with Crippen molar-refractivity contribution in [2.75, 3.05) is 52.6 Å². The molecule has 1 unspecified atom stereocenters. The van der Waals surface area contributed by atoms with Crippen molar-refractivity contribution in [3.05, 3.63) is 0 Å². The second-order valence-electron chi connectivity index (χ2n) is 7.93. The summed E-state index contributed by atoms with van der Waals surface area (Å²) in [4.78, 5) is 28.2. The summed E-state index contributed by atoms with van der Waals surface area (Å²) in [5, 5.41) is 0. The Morgan fingerprint density at radius 3 is 2.42 bits per heavy atom. The molecule has 2 amide bonds. The van der Waals surface area contributed by atoms with Gasteiger partial charge in [-0.05, 0) is 19.3 Å². The molecule has 3 heterocycles. The molecule has 0 aromatic rings. The molecule has 148 valence electrons. The van der Waals surface area contributed by atoms with E-state index in [0.29, 0.717) is 32.9 Å². The average molecular weight is 368 g/mol. The lowest BCUT2D eigenvalue weighted by Gasteiger charge is -2.46. The molecule has 3 rings (SSSR count). The molecule has 3 aliphatic heterocycles. The standard InChI is InChI=1S/C19H32N2O5/c1-15(2)18(23)21-6-4-19(5-7-21)13-16(3-10-26-19)25-14-17(22)20-8-11-24-12-9-20/h15-16H,3-14H2,1-2H3. The highest BCUT2D eigenvalue weighted by Gasteiger charge is 2.41. The largest absolute Gasteiger partial charge is 0.378 e. The molecular formula is C19H32N2O5. The van der Waals surface area contributed by atoms with Crippen LogP contribution in [0.2, 0.25) is 0 Å². The number of carbonyl (C=O) groups excluding carboxylic acids is 2. The van der Waals surface area contributed by atoms with Crippen LogP contribution in [0.25, 0.3) is 0 Å². The van der Waals surface area contributed by atoms with Gasteiger partial charge in [0.25, 0.3) is 0 Å². The van der Waals surface area contributed by atoms with E-state index in [1.165, 1.54) is 0 Å². The Labute approximate surface area is 155 Å². The van der Waals surface area contributed by atoms with Crippen LogP contribution >= 0.6 is 0 Å². The molecular weight excluding hydrogens is 336 g/mol. The maximum Gasteiger partial charge on any atom is 0.248 e. The first kappa shape index (κ1) is 19.6. The van der Waals surface area contributed by atoms with Crippen molar-refractivity contribution in [1.82, 2.24) is 9.80 Å². The van der Waals surface area contributed by atoms with Crippen molar-refractivity contribution in [2.24, 2.45) is 5.92 Å². The van der Waals surface area contributed by atoms with Crippen molar-refractivity contribution < 1.29 is 23.8 Å². The summed E-state index contributed by atoms with van der Waals surface area (Å²) in [6.07, 6.45) is 3.40. The molecule has 0 radical (unpaired) electrons. The summed E-state index contributed by atoms with van der Waals surface area (Å²) >= 11 is 0. The van der Waals surface area contributed by atoms with Crippen LogP contribution in [0.1, 0.15) is 39.5 Å². The van der Waals surface area contributed by atoms with Gasteiger partial charge in [-0.2, -0.15) is 0 Å². The zero-order chi connectivity index (χ0) is 18.6. The zero-order valence-corrected chi connectivity index (χ0v) is 16.1. The average Bonchev–Trinajstić information content (AvgIpc) is 2.67. The van der Waals surface area contributed by atoms with Crippen molar-refractivity contribution in [2.45, 2.75) is 51.2 Å². The molecule has 0 N–H and O–H groups in total. The molecule has 0 bridgehead atoms. The Balaban J connectivity index is 1.45. The lowest BCUT2D eigenvalue weighted by atomic mass is 9.83. The Hall–Kier alpha value is -1.18. The van der Waals surface area contributed by atoms with Gasteiger partial charge in [0.05, 0.1) is 24.9 Å². The van der Waals surface area contributed by atoms with E-state index in [1.54, 1.807) is 0 Å². The molecule has 0 aromatic carbocycles. The van der Waals surface area contributed by atoms with Gasteiger partial charge in [0.15, 0.2) is 0 Å². The number of likely N-dealkylation sites (tertiary alicyclic amines) is 1. The first-order chi connectivity index (χ1) is 12.5. The van der Waals surface area contributed by atoms with Crippen molar-refractivity contribution in [1.29, 1.82) is 0 Å². The Morgan fingerprint density at radius 2 is 1.77 bits per heavy atom. The highest BCUT2D eigenvalue weighted by molar-refractivity contribution is 5.78. The summed E-state index contributed by atoms with van der Waals surface area (Å²) in [6, 6.07) is 0. The third kappa shape index (κ3) is 4.75. The fraction of sp³-hybridized carbons (Fsp3) is 0.895. The monoisotopic (exact) mass is 368 g/mol. The molecule has 0 aromatic heterocycles. The van der Waals surface area contributed by atoms with Crippen LogP contribution < -0.4 is 0 Å². The van der Waals surface area contributed by atoms with Crippen LogP contribution in [0, 0.1) is 5.92 Å². The molecule has 26 heavy (non-hydrogen) atoms. The molecule has 1 spiro atoms. The number of amides is 2. The van der Waals surface area contributed by atoms with Gasteiger partial charge in [0.1, 0.15) is 6.61 Å². The maximum absolute atomic E-state index is 12.3. The van der Waals surface area contributed by atoms with E-state index in [9.17, 15) is 9.59 Å². The number of morpholine rings is 1. The molecule has 3 aliphatic rings. The van der Waals surface area contributed by atoms with Gasteiger partial charge in [0, 0.05) is 45.1 Å². The minimum absolute atomic E-state index is 0.0404. The predicted molar refractivity (Wildman–Crippen MR) is 95.7 cm³/mol. The highest BCUT2D eigenvalue weighted by atomic mass is 16.5. The Morgan fingerprint density at radius 1 is 1.08 bits per heavy atom. The number of hydrogen-bond donors (Lipinski definition) is 0. The van der Waals surface area contributed by atoms with E-state index in [-0.39, 0.29) is 36.0 Å². The number of hydrogen-bond acceptors (Lipinski definition) is 5. The van der Waals surface area contributed by atoms with Crippen LogP contribution in [0.15, 0.2) is 0 Å². The number of carbonyl (C=O) groups is 2. The lowest BCUT2D eigenvalue weighted by Crippen LogP contribution is -2.53. The van der Waals surface area contributed by atoms with E-state index < -0.39 is 0 Å². The summed E-state index contributed by atoms with van der Waals surface area (Å²) in [6.45, 7) is 8.70. The van der Waals surface area contributed by atoms with E-state index in [4.69, 9.17) is 14.2 Å². The van der Waals surface area contributed by atoms with E-state index in [2.05, 4.69) is 0 Å². The topological polar surface area (TPSA) is 68.3 Å². The van der Waals surface area contributed by atoms with Crippen molar-refractivity contribution >= 4 is 11.8 Å². The molecule has 3 saturated heterocycles. The Kier molecular flexibility index (Phi) is 6.53. The van der Waals surface area contributed by atoms with Crippen LogP contribution in [0.5, 0.6) is 0 Å². The lowest BCUT2D eigenvalue weighted by molar-refractivity contribution is -0.168. The minimum Gasteiger partial charge on any atom is -0.378 e. The fourth-order valence-electron chi connectivity index (χ4n) is 4.07. The van der Waals surface area contributed by atoms with Crippen molar-refractivity contribution in [3.63, 3.8) is 0 Å². The molecule has 3 fully saturated rings. The van der Waals surface area contributed by atoms with Gasteiger partial charge in [-0.3, -0.25) is 9.59 Å². The maximum atomic E-state index is 12.3. The van der Waals surface area contributed by atoms with Gasteiger partial charge in [-0.25, -0.2) is 0 Å². The smallest absolute Gasteiger partial charge is 0.248 e. The minimum atomic E-state index is -0.196. The van der Waals surface area contributed by atoms with E-state index in [1.807, 2.05) is 23.6 Å². The first-order valence-corrected chi connectivity index (χ1v) is 9.89. The summed E-state index contributed by atoms with van der Waals surface area (Å²) in [5.74, 6) is 0.310. The van der Waals surface area contributed by atoms with Crippen molar-refractivity contribution in [3.8, 4) is 0 Å². The molecule has 1 atom stereocenters. The zero-order valence-electron chi connectivity index (χ0n) is 16.1. The molecule has 7 nitrogen and oxygen atoms in total. The van der Waals surface area contributed by atoms with E-state index in [0.717, 1.165) is 38.8 Å². The first-order valence-electron chi connectivity index (χ1n) is 9.89. The normalized spacial score (nSPS) is 26.3. The number of piperidine rings is 1. The highest BCUT2D eigenvalue weighted by Crippen LogP contribution is 2.36. The third-order valence-electron chi connectivity index (χ3n) is 5.73. The second kappa shape index (κ2) is 8.67. The molecule has 0 saturated carbocycles. The molecule has 0 aliphatic carbocycles. The van der Waals surface area contributed by atoms with Crippen LogP contribution in [-0.4, -0.2) is 85.9 Å². The predicted octanol–water partition coefficient (Wildman–Crippen LogP) is 1.06. The molecule has 7 heteroatoms. The van der Waals surface area contributed by atoms with Crippen LogP contribution in [-0.2, 0) is 23.8 Å².